The van der Waals surface area contributed by atoms with Gasteiger partial charge in [-0.15, -0.1) is 0 Å². The summed E-state index contributed by atoms with van der Waals surface area (Å²) in [6.45, 7) is 0.463. The van der Waals surface area contributed by atoms with Crippen LogP contribution in [0.4, 0.5) is 0 Å². The van der Waals surface area contributed by atoms with E-state index in [4.69, 9.17) is 71.1 Å². The number of aliphatic hydroxyl groups is 1. The van der Waals surface area contributed by atoms with E-state index < -0.39 is 172 Å². The molecule has 3 fully saturated rings. The highest BCUT2D eigenvalue weighted by Gasteiger charge is 2.61. The van der Waals surface area contributed by atoms with Crippen molar-refractivity contribution in [3.05, 3.63) is 251 Å². The Morgan fingerprint density at radius 1 is 0.273 bits per heavy atom. The summed E-state index contributed by atoms with van der Waals surface area (Å²) in [5.41, 5.74) is -0.404. The van der Waals surface area contributed by atoms with Gasteiger partial charge in [0.05, 0.1) is 38.9 Å². The molecule has 99 heavy (non-hydrogen) atoms. The van der Waals surface area contributed by atoms with E-state index in [1.165, 1.54) is 133 Å². The summed E-state index contributed by atoms with van der Waals surface area (Å²) >= 11 is 0. The fourth-order valence-electron chi connectivity index (χ4n) is 10.9. The Hall–Kier alpha value is -11.0. The van der Waals surface area contributed by atoms with Crippen molar-refractivity contribution in [3.8, 4) is 0 Å². The fourth-order valence-corrected chi connectivity index (χ4v) is 10.9. The topological polar surface area (TPSA) is 329 Å². The second-order valence-electron chi connectivity index (χ2n) is 22.4. The first kappa shape index (κ1) is 70.8. The van der Waals surface area contributed by atoms with E-state index in [0.717, 1.165) is 20.8 Å². The maximum absolute atomic E-state index is 15.1. The van der Waals surface area contributed by atoms with Gasteiger partial charge in [0.1, 0.15) is 50.3 Å². The van der Waals surface area contributed by atoms with Crippen molar-refractivity contribution in [2.45, 2.75) is 113 Å². The molecule has 0 aliphatic carbocycles. The van der Waals surface area contributed by atoms with Crippen LogP contribution < -0.4 is 0 Å². The third kappa shape index (κ3) is 18.6. The first-order chi connectivity index (χ1) is 47.9. The third-order valence-corrected chi connectivity index (χ3v) is 15.5. The van der Waals surface area contributed by atoms with Crippen LogP contribution in [0.25, 0.3) is 0 Å². The van der Waals surface area contributed by atoms with E-state index in [1.807, 2.05) is 0 Å². The largest absolute Gasteiger partial charge is 0.463 e. The maximum atomic E-state index is 15.1. The predicted molar refractivity (Wildman–Crippen MR) is 337 cm³/mol. The lowest BCUT2D eigenvalue weighted by atomic mass is 9.94. The zero-order chi connectivity index (χ0) is 70.0. The van der Waals surface area contributed by atoms with Crippen LogP contribution in [0.5, 0.6) is 0 Å². The van der Waals surface area contributed by atoms with Crippen molar-refractivity contribution in [1.29, 1.82) is 0 Å². The van der Waals surface area contributed by atoms with Crippen molar-refractivity contribution in [2.75, 3.05) is 19.8 Å². The number of aliphatic hydroxyl groups excluding tert-OH is 1. The van der Waals surface area contributed by atoms with Crippen molar-refractivity contribution in [2.24, 2.45) is 0 Å². The molecule has 3 aliphatic heterocycles. The molecule has 7 aromatic rings. The minimum absolute atomic E-state index is 0.000628. The number of ether oxygens (including phenoxy) is 15. The lowest BCUT2D eigenvalue weighted by molar-refractivity contribution is -0.376. The third-order valence-electron chi connectivity index (χ3n) is 15.5. The average molecular weight is 1360 g/mol. The van der Waals surface area contributed by atoms with Gasteiger partial charge >= 0.3 is 59.7 Å². The van der Waals surface area contributed by atoms with E-state index >= 15 is 4.79 Å². The number of esters is 10. The molecule has 3 heterocycles. The number of rotatable bonds is 24. The molecule has 0 aromatic heterocycles. The lowest BCUT2D eigenvalue weighted by Gasteiger charge is -2.50. The smallest absolute Gasteiger partial charge is 0.338 e. The molecule has 0 spiro atoms. The zero-order valence-electron chi connectivity index (χ0n) is 53.1. The summed E-state index contributed by atoms with van der Waals surface area (Å²) in [6.07, 6.45) is -30.7. The summed E-state index contributed by atoms with van der Waals surface area (Å²) < 4.78 is 93.5. The van der Waals surface area contributed by atoms with E-state index in [9.17, 15) is 48.3 Å². The lowest BCUT2D eigenvalue weighted by Crippen LogP contribution is -2.69. The van der Waals surface area contributed by atoms with Gasteiger partial charge in [-0.05, 0) is 84.9 Å². The van der Waals surface area contributed by atoms with Crippen molar-refractivity contribution < 1.29 is 124 Å². The molecular weight excluding hydrogens is 1290 g/mol. The van der Waals surface area contributed by atoms with Crippen molar-refractivity contribution >= 4 is 59.7 Å². The first-order valence-electron chi connectivity index (χ1n) is 31.1. The number of carbonyl (C=O) groups excluding carboxylic acids is 10. The van der Waals surface area contributed by atoms with Gasteiger partial charge < -0.3 is 76.2 Å². The molecule has 0 radical (unpaired) electrons. The van der Waals surface area contributed by atoms with Crippen molar-refractivity contribution in [3.63, 3.8) is 0 Å². The highest BCUT2D eigenvalue weighted by atomic mass is 16.8. The second-order valence-corrected chi connectivity index (χ2v) is 22.4. The van der Waals surface area contributed by atoms with Gasteiger partial charge in [0.2, 0.25) is 0 Å². The van der Waals surface area contributed by atoms with E-state index in [1.54, 1.807) is 78.9 Å². The first-order valence-corrected chi connectivity index (χ1v) is 31.1. The van der Waals surface area contributed by atoms with Crippen LogP contribution in [-0.4, -0.2) is 177 Å². The molecule has 15 atom stereocenters. The summed E-state index contributed by atoms with van der Waals surface area (Å²) in [5.74, 6) is -10.4. The molecule has 514 valence electrons. The summed E-state index contributed by atoms with van der Waals surface area (Å²) in [7, 11) is 0. The molecule has 0 saturated carbocycles. The van der Waals surface area contributed by atoms with Gasteiger partial charge in [-0.1, -0.05) is 127 Å². The molecule has 10 rings (SSSR count). The monoisotopic (exact) mass is 1360 g/mol. The molecule has 7 aromatic carbocycles. The van der Waals surface area contributed by atoms with Crippen molar-refractivity contribution in [1.82, 2.24) is 0 Å². The van der Waals surface area contributed by atoms with Gasteiger partial charge in [0.15, 0.2) is 61.6 Å². The van der Waals surface area contributed by atoms with E-state index in [0.29, 0.717) is 0 Å². The highest BCUT2D eigenvalue weighted by molar-refractivity contribution is 5.93. The summed E-state index contributed by atoms with van der Waals surface area (Å²) in [5, 5.41) is 11.7. The van der Waals surface area contributed by atoms with Gasteiger partial charge in [0, 0.05) is 20.8 Å². The Kier molecular flexibility index (Phi) is 24.2. The Labute approximate surface area is 565 Å². The van der Waals surface area contributed by atoms with Crippen LogP contribution in [0.15, 0.2) is 212 Å². The average Bonchev–Trinajstić information content (AvgIpc) is 0.761. The normalized spacial score (nSPS) is 24.7. The SMILES string of the molecule is CC(=O)OC[C@H]1O[C@H](O)[C@H](OC(C)=O)[C@@H](O[C@@H]2O[C@H](COC(=O)c3ccccc3)[C@@H](O[C@@H]3O[C@H](COC(=O)c4ccccc4)[C@H](OC(=O)c4ccccc4)[C@H](OC(=O)c4ccccc4)[C@H]3OC(=O)c3ccccc3)[C@H](OC(=O)c3ccccc3)[C@H]2OC(=O)c2ccccc2)[C@@H]1OC(C)=O. The zero-order valence-corrected chi connectivity index (χ0v) is 53.1. The van der Waals surface area contributed by atoms with Crippen LogP contribution in [0.1, 0.15) is 93.3 Å². The van der Waals surface area contributed by atoms with Crippen LogP contribution in [-0.2, 0) is 85.4 Å². The van der Waals surface area contributed by atoms with Crippen LogP contribution in [0.3, 0.4) is 0 Å². The predicted octanol–water partition coefficient (Wildman–Crippen LogP) is 7.19. The quantitative estimate of drug-likeness (QED) is 0.0462. The fraction of sp³-hybridized carbons (Fsp3) is 0.288. The van der Waals surface area contributed by atoms with Gasteiger partial charge in [-0.2, -0.15) is 0 Å². The minimum Gasteiger partial charge on any atom is -0.463 e. The Balaban J connectivity index is 1.18. The Bertz CT molecular complexity index is 3900. The highest BCUT2D eigenvalue weighted by Crippen LogP contribution is 2.39. The standard InChI is InChI=1S/C73H66O26/c1-42(74)85-39-52-55(88-43(2)75)58(61(71(84)90-52)89-44(3)76)99-73-63(97-70(83)51-37-23-10-24-38-51)60(95-68(81)49-33-19-8-20-34-49)57(54(92-73)41-87-65(78)46-27-13-5-14-28-46)98-72-62(96-69(82)50-35-21-9-22-36-50)59(94-67(80)48-31-17-7-18-32-48)56(93-66(79)47-29-15-6-16-30-47)53(91-72)40-86-64(77)45-25-11-4-12-26-45/h4-38,52-63,71-73,84H,39-41H2,1-3H3/t52-,53-,54-,55-,56+,57-,58+,59+,60+,61-,62-,63-,71+,72+,73+/m1/s1. The molecule has 0 amide bonds. The molecule has 26 heteroatoms. The maximum Gasteiger partial charge on any atom is 0.338 e. The number of carbonyl (C=O) groups is 10. The summed E-state index contributed by atoms with van der Waals surface area (Å²) in [6, 6.07) is 52.3. The summed E-state index contributed by atoms with van der Waals surface area (Å²) in [4.78, 5) is 141. The number of hydrogen-bond donors (Lipinski definition) is 1. The van der Waals surface area contributed by atoms with Crippen LogP contribution in [0.2, 0.25) is 0 Å². The minimum atomic E-state index is -2.27. The second kappa shape index (κ2) is 33.8. The molecule has 3 saturated heterocycles. The molecular formula is C73H66O26. The van der Waals surface area contributed by atoms with Gasteiger partial charge in [-0.3, -0.25) is 14.4 Å². The van der Waals surface area contributed by atoms with E-state index in [-0.39, 0.29) is 38.9 Å². The molecule has 3 aliphatic rings. The number of benzene rings is 7. The van der Waals surface area contributed by atoms with Gasteiger partial charge in [0.25, 0.3) is 0 Å². The Morgan fingerprint density at radius 2 is 0.525 bits per heavy atom. The molecule has 26 nitrogen and oxygen atoms in total. The molecule has 0 bridgehead atoms. The molecule has 1 N–H and O–H groups in total. The number of hydrogen-bond acceptors (Lipinski definition) is 26. The van der Waals surface area contributed by atoms with Crippen LogP contribution >= 0.6 is 0 Å². The van der Waals surface area contributed by atoms with Crippen LogP contribution in [0, 0.1) is 0 Å². The molecule has 0 unspecified atom stereocenters. The van der Waals surface area contributed by atoms with Gasteiger partial charge in [-0.25, -0.2) is 33.6 Å². The van der Waals surface area contributed by atoms with E-state index in [2.05, 4.69) is 0 Å². The Morgan fingerprint density at radius 3 is 0.859 bits per heavy atom.